The van der Waals surface area contributed by atoms with Gasteiger partial charge in [0.15, 0.2) is 0 Å². The number of halogens is 1. The normalized spacial score (nSPS) is 28.0. The highest BCUT2D eigenvalue weighted by atomic mass is 35.5. The molecule has 4 heteroatoms. The van der Waals surface area contributed by atoms with Gasteiger partial charge < -0.3 is 10.1 Å². The fraction of sp³-hybridized carbons (Fsp3) is 0.667. The average Bonchev–Trinajstić information content (AvgIpc) is 3.10. The third-order valence-electron chi connectivity index (χ3n) is 5.36. The molecule has 22 heavy (non-hydrogen) atoms. The maximum atomic E-state index is 5.81. The van der Waals surface area contributed by atoms with Crippen molar-refractivity contribution >= 4 is 12.4 Å². The van der Waals surface area contributed by atoms with Crippen LogP contribution >= 0.6 is 12.4 Å². The first kappa shape index (κ1) is 16.1. The number of hydrogen-bond donors (Lipinski definition) is 1. The van der Waals surface area contributed by atoms with Crippen LogP contribution in [0.1, 0.15) is 31.2 Å². The number of nitrogens with one attached hydrogen (secondary N) is 1. The maximum absolute atomic E-state index is 5.81. The van der Waals surface area contributed by atoms with E-state index in [-0.39, 0.29) is 12.4 Å². The minimum absolute atomic E-state index is 0. The number of ether oxygens (including phenoxy) is 1. The van der Waals surface area contributed by atoms with Gasteiger partial charge in [-0.05, 0) is 67.8 Å². The molecule has 3 fully saturated rings. The Balaban J connectivity index is 0.00000144. The Labute approximate surface area is 139 Å². The second kappa shape index (κ2) is 6.77. The van der Waals surface area contributed by atoms with Gasteiger partial charge in [-0.1, -0.05) is 12.1 Å². The summed E-state index contributed by atoms with van der Waals surface area (Å²) in [6.45, 7) is 6.94. The van der Waals surface area contributed by atoms with Crippen molar-refractivity contribution in [2.75, 3.05) is 32.8 Å². The summed E-state index contributed by atoms with van der Waals surface area (Å²) in [5.41, 5.74) is 1.99. The molecule has 122 valence electrons. The Hall–Kier alpha value is -0.770. The molecule has 0 aromatic heterocycles. The molecular formula is C18H27ClN2O. The summed E-state index contributed by atoms with van der Waals surface area (Å²) in [5.74, 6) is 1.86. The lowest BCUT2D eigenvalue weighted by Gasteiger charge is -2.22. The zero-order valence-corrected chi connectivity index (χ0v) is 14.0. The summed E-state index contributed by atoms with van der Waals surface area (Å²) in [4.78, 5) is 2.62. The Kier molecular flexibility index (Phi) is 4.96. The van der Waals surface area contributed by atoms with Gasteiger partial charge in [-0.2, -0.15) is 0 Å². The van der Waals surface area contributed by atoms with E-state index in [0.29, 0.717) is 5.41 Å². The van der Waals surface area contributed by atoms with Crippen LogP contribution in [0.4, 0.5) is 0 Å². The van der Waals surface area contributed by atoms with Gasteiger partial charge in [-0.15, -0.1) is 12.4 Å². The lowest BCUT2D eigenvalue weighted by atomic mass is 9.86. The monoisotopic (exact) mass is 322 g/mol. The van der Waals surface area contributed by atoms with E-state index in [1.165, 1.54) is 57.4 Å². The molecule has 1 saturated carbocycles. The zero-order valence-electron chi connectivity index (χ0n) is 13.2. The molecule has 2 heterocycles. The first-order chi connectivity index (χ1) is 10.3. The summed E-state index contributed by atoms with van der Waals surface area (Å²) in [6.07, 6.45) is 5.42. The molecule has 1 spiro atoms. The summed E-state index contributed by atoms with van der Waals surface area (Å²) in [7, 11) is 0. The fourth-order valence-corrected chi connectivity index (χ4v) is 3.75. The molecule has 1 unspecified atom stereocenters. The topological polar surface area (TPSA) is 24.5 Å². The number of hydrogen-bond acceptors (Lipinski definition) is 3. The van der Waals surface area contributed by atoms with Gasteiger partial charge in [-0.3, -0.25) is 4.90 Å². The van der Waals surface area contributed by atoms with Crippen molar-refractivity contribution in [2.24, 2.45) is 11.3 Å². The predicted molar refractivity (Wildman–Crippen MR) is 91.7 cm³/mol. The highest BCUT2D eigenvalue weighted by Gasteiger charge is 2.39. The van der Waals surface area contributed by atoms with E-state index in [1.807, 2.05) is 0 Å². The van der Waals surface area contributed by atoms with E-state index in [2.05, 4.69) is 34.5 Å². The molecule has 1 atom stereocenters. The zero-order chi connectivity index (χ0) is 14.1. The molecule has 0 bridgehead atoms. The molecule has 0 radical (unpaired) electrons. The van der Waals surface area contributed by atoms with Gasteiger partial charge in [-0.25, -0.2) is 0 Å². The van der Waals surface area contributed by atoms with Crippen LogP contribution in [-0.4, -0.2) is 37.7 Å². The van der Waals surface area contributed by atoms with Crippen LogP contribution in [0.5, 0.6) is 5.75 Å². The summed E-state index contributed by atoms with van der Waals surface area (Å²) >= 11 is 0. The third kappa shape index (κ3) is 3.76. The Morgan fingerprint density at radius 3 is 2.68 bits per heavy atom. The number of rotatable bonds is 5. The number of likely N-dealkylation sites (tertiary alicyclic amines) is 1. The van der Waals surface area contributed by atoms with Crippen LogP contribution in [-0.2, 0) is 6.54 Å². The molecule has 1 aliphatic carbocycles. The van der Waals surface area contributed by atoms with E-state index in [4.69, 9.17) is 4.74 Å². The molecule has 2 saturated heterocycles. The first-order valence-electron chi connectivity index (χ1n) is 8.46. The Morgan fingerprint density at radius 2 is 2.00 bits per heavy atom. The Morgan fingerprint density at radius 1 is 1.18 bits per heavy atom. The van der Waals surface area contributed by atoms with Crippen LogP contribution in [0.25, 0.3) is 0 Å². The van der Waals surface area contributed by atoms with E-state index in [1.54, 1.807) is 0 Å². The Bertz CT molecular complexity index is 480. The number of nitrogens with zero attached hydrogens (tertiary/aromatic N) is 1. The molecular weight excluding hydrogens is 296 g/mol. The quantitative estimate of drug-likeness (QED) is 0.901. The van der Waals surface area contributed by atoms with Crippen molar-refractivity contribution in [3.05, 3.63) is 29.8 Å². The van der Waals surface area contributed by atoms with Crippen molar-refractivity contribution in [3.8, 4) is 5.75 Å². The molecule has 2 aliphatic heterocycles. The molecule has 1 N–H and O–H groups in total. The minimum atomic E-state index is 0. The first-order valence-corrected chi connectivity index (χ1v) is 8.46. The summed E-state index contributed by atoms with van der Waals surface area (Å²) < 4.78 is 5.81. The van der Waals surface area contributed by atoms with Crippen LogP contribution in [0, 0.1) is 11.3 Å². The van der Waals surface area contributed by atoms with E-state index < -0.39 is 0 Å². The van der Waals surface area contributed by atoms with Crippen molar-refractivity contribution in [1.82, 2.24) is 10.2 Å². The van der Waals surface area contributed by atoms with Crippen molar-refractivity contribution in [2.45, 2.75) is 32.2 Å². The lowest BCUT2D eigenvalue weighted by Crippen LogP contribution is -2.28. The molecule has 1 aromatic rings. The maximum Gasteiger partial charge on any atom is 0.119 e. The lowest BCUT2D eigenvalue weighted by molar-refractivity contribution is 0.268. The summed E-state index contributed by atoms with van der Waals surface area (Å²) in [6, 6.07) is 8.75. The van der Waals surface area contributed by atoms with Crippen molar-refractivity contribution in [1.29, 1.82) is 0 Å². The summed E-state index contributed by atoms with van der Waals surface area (Å²) in [5, 5.41) is 3.53. The highest BCUT2D eigenvalue weighted by molar-refractivity contribution is 5.85. The average molecular weight is 323 g/mol. The van der Waals surface area contributed by atoms with E-state index in [9.17, 15) is 0 Å². The molecule has 1 aromatic carbocycles. The third-order valence-corrected chi connectivity index (χ3v) is 5.36. The molecule has 4 rings (SSSR count). The molecule has 3 nitrogen and oxygen atoms in total. The van der Waals surface area contributed by atoms with Crippen molar-refractivity contribution in [3.63, 3.8) is 0 Å². The van der Waals surface area contributed by atoms with Crippen LogP contribution in [0.3, 0.4) is 0 Å². The fourth-order valence-electron chi connectivity index (χ4n) is 3.75. The molecule has 3 aliphatic rings. The van der Waals surface area contributed by atoms with Gasteiger partial charge in [0.2, 0.25) is 0 Å². The van der Waals surface area contributed by atoms with Gasteiger partial charge in [0.05, 0.1) is 6.61 Å². The standard InChI is InChI=1S/C18H26N2O.ClH/c1-2-16(1)12-21-17-5-3-15(4-6-17)11-20-10-8-18(14-20)7-9-19-13-18;/h3-6,16,19H,1-2,7-14H2;1H. The highest BCUT2D eigenvalue weighted by Crippen LogP contribution is 2.36. The second-order valence-corrected chi connectivity index (χ2v) is 7.29. The minimum Gasteiger partial charge on any atom is -0.493 e. The largest absolute Gasteiger partial charge is 0.493 e. The smallest absolute Gasteiger partial charge is 0.119 e. The van der Waals surface area contributed by atoms with Crippen molar-refractivity contribution < 1.29 is 4.74 Å². The van der Waals surface area contributed by atoms with Crippen LogP contribution in [0.15, 0.2) is 24.3 Å². The second-order valence-electron chi connectivity index (χ2n) is 7.29. The van der Waals surface area contributed by atoms with E-state index in [0.717, 1.165) is 24.8 Å². The van der Waals surface area contributed by atoms with Gasteiger partial charge >= 0.3 is 0 Å². The van der Waals surface area contributed by atoms with Crippen LogP contribution in [0.2, 0.25) is 0 Å². The predicted octanol–water partition coefficient (Wildman–Crippen LogP) is 3.08. The SMILES string of the molecule is Cl.c1cc(OCC2CC2)ccc1CN1CCC2(CCNC2)C1. The number of benzene rings is 1. The van der Waals surface area contributed by atoms with Gasteiger partial charge in [0.1, 0.15) is 5.75 Å². The van der Waals surface area contributed by atoms with E-state index >= 15 is 0 Å². The van der Waals surface area contributed by atoms with Gasteiger partial charge in [0.25, 0.3) is 0 Å². The molecule has 0 amide bonds. The van der Waals surface area contributed by atoms with Crippen LogP contribution < -0.4 is 10.1 Å². The van der Waals surface area contributed by atoms with Gasteiger partial charge in [0, 0.05) is 19.6 Å².